The fourth-order valence-corrected chi connectivity index (χ4v) is 8.69. The van der Waals surface area contributed by atoms with Crippen LogP contribution in [-0.2, 0) is 22.7 Å². The third-order valence-corrected chi connectivity index (χ3v) is 11.0. The lowest BCUT2D eigenvalue weighted by molar-refractivity contribution is -0.138. The Bertz CT molecular complexity index is 1570. The van der Waals surface area contributed by atoms with Gasteiger partial charge in [0.25, 0.3) is 0 Å². The largest absolute Gasteiger partial charge is 0.365 e. The first-order valence-electron chi connectivity index (χ1n) is 17.0. The van der Waals surface area contributed by atoms with Crippen LogP contribution < -0.4 is 16.0 Å². The molecule has 0 unspecified atom stereocenters. The lowest BCUT2D eigenvalue weighted by Crippen LogP contribution is -2.51. The van der Waals surface area contributed by atoms with Crippen LogP contribution >= 0.6 is 11.6 Å². The Morgan fingerprint density at radius 1 is 0.979 bits per heavy atom. The normalized spacial score (nSPS) is 25.0. The maximum atomic E-state index is 13.3. The fourth-order valence-electron chi connectivity index (χ4n) is 8.54. The molecule has 5 fully saturated rings. The predicted molar refractivity (Wildman–Crippen MR) is 183 cm³/mol. The third-order valence-electron chi connectivity index (χ3n) is 10.7. The summed E-state index contributed by atoms with van der Waals surface area (Å²) in [5.41, 5.74) is 2.41. The molecule has 12 heteroatoms. The van der Waals surface area contributed by atoms with E-state index >= 15 is 0 Å². The molecule has 0 spiro atoms. The van der Waals surface area contributed by atoms with E-state index in [-0.39, 0.29) is 5.91 Å². The standard InChI is InChI=1S/C35H44ClN9O2/c1-2-32(46)40-28-5-3-4-23(17-28)19-37-34-31(36)21-38-35(42-34)41-29-20-39-45(22-29)11-8-43-6-9-44(10-7-43)33(47)18-30-26-13-24-12-25(15-26)16-27(30)14-24/h2-5,17,20-22,24-27,30H,1,6-16,18-19H2,(H,40,46)(H2,37,38,41,42)/t24-,25+,26-,27+,30?. The average molecular weight is 658 g/mol. The van der Waals surface area contributed by atoms with Crippen molar-refractivity contribution in [1.82, 2.24) is 29.5 Å². The highest BCUT2D eigenvalue weighted by molar-refractivity contribution is 6.32. The van der Waals surface area contributed by atoms with Gasteiger partial charge in [-0.3, -0.25) is 19.2 Å². The van der Waals surface area contributed by atoms with Crippen LogP contribution in [0.5, 0.6) is 0 Å². The summed E-state index contributed by atoms with van der Waals surface area (Å²) in [6, 6.07) is 7.51. The van der Waals surface area contributed by atoms with Gasteiger partial charge in [0.1, 0.15) is 5.02 Å². The molecular weight excluding hydrogens is 614 g/mol. The second-order valence-corrected chi connectivity index (χ2v) is 14.2. The molecule has 248 valence electrons. The Morgan fingerprint density at radius 3 is 2.49 bits per heavy atom. The van der Waals surface area contributed by atoms with E-state index in [0.29, 0.717) is 40.8 Å². The Morgan fingerprint density at radius 2 is 1.74 bits per heavy atom. The van der Waals surface area contributed by atoms with E-state index in [1.807, 2.05) is 35.1 Å². The maximum absolute atomic E-state index is 13.3. The van der Waals surface area contributed by atoms with Crippen molar-refractivity contribution in [3.8, 4) is 0 Å². The first-order valence-corrected chi connectivity index (χ1v) is 17.3. The van der Waals surface area contributed by atoms with E-state index in [0.717, 1.165) is 80.6 Å². The highest BCUT2D eigenvalue weighted by atomic mass is 35.5. The number of benzene rings is 1. The minimum atomic E-state index is -0.263. The monoisotopic (exact) mass is 657 g/mol. The lowest BCUT2D eigenvalue weighted by atomic mass is 9.51. The van der Waals surface area contributed by atoms with Crippen LogP contribution in [0.15, 0.2) is 55.5 Å². The van der Waals surface area contributed by atoms with E-state index < -0.39 is 0 Å². The predicted octanol–water partition coefficient (Wildman–Crippen LogP) is 5.41. The summed E-state index contributed by atoms with van der Waals surface area (Å²) in [6.07, 6.45) is 14.2. The van der Waals surface area contributed by atoms with Gasteiger partial charge < -0.3 is 20.9 Å². The molecule has 4 saturated carbocycles. The maximum Gasteiger partial charge on any atom is 0.247 e. The van der Waals surface area contributed by atoms with Crippen LogP contribution in [0.3, 0.4) is 0 Å². The zero-order valence-corrected chi connectivity index (χ0v) is 27.5. The van der Waals surface area contributed by atoms with Crippen molar-refractivity contribution < 1.29 is 9.59 Å². The molecule has 4 bridgehead atoms. The Hall–Kier alpha value is -3.96. The van der Waals surface area contributed by atoms with Gasteiger partial charge in [0.15, 0.2) is 5.82 Å². The van der Waals surface area contributed by atoms with Gasteiger partial charge >= 0.3 is 0 Å². The number of piperazine rings is 1. The molecule has 11 nitrogen and oxygen atoms in total. The number of anilines is 4. The first kappa shape index (κ1) is 31.6. The number of nitrogens with one attached hydrogen (secondary N) is 3. The van der Waals surface area contributed by atoms with Crippen molar-refractivity contribution in [2.45, 2.75) is 51.6 Å². The molecule has 0 atom stereocenters. The van der Waals surface area contributed by atoms with Gasteiger partial charge in [0, 0.05) is 57.6 Å². The number of hydrogen-bond donors (Lipinski definition) is 3. The molecule has 3 N–H and O–H groups in total. The number of nitrogens with zero attached hydrogens (tertiary/aromatic N) is 6. The highest BCUT2D eigenvalue weighted by Gasteiger charge is 2.48. The molecule has 3 aromatic rings. The van der Waals surface area contributed by atoms with Crippen molar-refractivity contribution >= 4 is 46.6 Å². The van der Waals surface area contributed by atoms with Crippen molar-refractivity contribution in [1.29, 1.82) is 0 Å². The molecule has 2 aromatic heterocycles. The van der Waals surface area contributed by atoms with Crippen LogP contribution in [0.1, 0.15) is 44.1 Å². The summed E-state index contributed by atoms with van der Waals surface area (Å²) in [5.74, 6) is 5.18. The summed E-state index contributed by atoms with van der Waals surface area (Å²) in [5, 5.41) is 14.1. The van der Waals surface area contributed by atoms with E-state index in [2.05, 4.69) is 47.4 Å². The van der Waals surface area contributed by atoms with Crippen LogP contribution in [0.25, 0.3) is 0 Å². The quantitative estimate of drug-likeness (QED) is 0.221. The Balaban J connectivity index is 0.852. The number of carbonyl (C=O) groups excluding carboxylic acids is 2. The zero-order valence-electron chi connectivity index (χ0n) is 26.8. The molecule has 4 aliphatic carbocycles. The molecular formula is C35H44ClN9O2. The van der Waals surface area contributed by atoms with Crippen molar-refractivity contribution in [3.05, 3.63) is 66.1 Å². The molecule has 1 aromatic carbocycles. The fraction of sp³-hybridized carbons (Fsp3) is 0.514. The van der Waals surface area contributed by atoms with E-state index in [1.54, 1.807) is 12.4 Å². The van der Waals surface area contributed by atoms with E-state index in [1.165, 1.54) is 38.2 Å². The molecule has 0 radical (unpaired) electrons. The second-order valence-electron chi connectivity index (χ2n) is 13.8. The number of carbonyl (C=O) groups is 2. The topological polar surface area (TPSA) is 120 Å². The van der Waals surface area contributed by atoms with Gasteiger partial charge in [0.2, 0.25) is 17.8 Å². The van der Waals surface area contributed by atoms with Gasteiger partial charge in [-0.2, -0.15) is 10.1 Å². The lowest BCUT2D eigenvalue weighted by Gasteiger charge is -2.54. The molecule has 3 heterocycles. The molecule has 8 rings (SSSR count). The number of rotatable bonds is 12. The van der Waals surface area contributed by atoms with Crippen LogP contribution in [0.4, 0.5) is 23.1 Å². The summed E-state index contributed by atoms with van der Waals surface area (Å²) in [6.45, 7) is 9.02. The van der Waals surface area contributed by atoms with Gasteiger partial charge in [-0.05, 0) is 85.5 Å². The summed E-state index contributed by atoms with van der Waals surface area (Å²) in [4.78, 5) is 38.3. The zero-order chi connectivity index (χ0) is 32.3. The summed E-state index contributed by atoms with van der Waals surface area (Å²) >= 11 is 6.37. The smallest absolute Gasteiger partial charge is 0.247 e. The Kier molecular flexibility index (Phi) is 9.44. The Labute approximate surface area is 281 Å². The average Bonchev–Trinajstić information content (AvgIpc) is 3.52. The number of halogens is 1. The molecule has 47 heavy (non-hydrogen) atoms. The van der Waals surface area contributed by atoms with Gasteiger partial charge in [-0.1, -0.05) is 30.3 Å². The number of amides is 2. The van der Waals surface area contributed by atoms with Crippen molar-refractivity contribution in [2.24, 2.45) is 29.6 Å². The first-order chi connectivity index (χ1) is 22.9. The van der Waals surface area contributed by atoms with Gasteiger partial charge in [-0.15, -0.1) is 0 Å². The van der Waals surface area contributed by atoms with Crippen LogP contribution in [-0.4, -0.2) is 74.1 Å². The van der Waals surface area contributed by atoms with Crippen molar-refractivity contribution in [2.75, 3.05) is 48.7 Å². The summed E-state index contributed by atoms with van der Waals surface area (Å²) < 4.78 is 1.92. The summed E-state index contributed by atoms with van der Waals surface area (Å²) in [7, 11) is 0. The SMILES string of the molecule is C=CC(=O)Nc1cccc(CNc2nc(Nc3cnn(CCN4CCN(C(=O)CC5[C@H]6C[C@@H]7C[C@@H](C[C@H]5C7)C6)CC4)c3)ncc2Cl)c1. The molecule has 2 amide bonds. The van der Waals surface area contributed by atoms with E-state index in [9.17, 15) is 9.59 Å². The molecule has 5 aliphatic rings. The minimum Gasteiger partial charge on any atom is -0.365 e. The van der Waals surface area contributed by atoms with Gasteiger partial charge in [-0.25, -0.2) is 4.98 Å². The van der Waals surface area contributed by atoms with Crippen molar-refractivity contribution in [3.63, 3.8) is 0 Å². The van der Waals surface area contributed by atoms with Gasteiger partial charge in [0.05, 0.1) is 24.6 Å². The minimum absolute atomic E-state index is 0.263. The number of hydrogen-bond acceptors (Lipinski definition) is 8. The van der Waals surface area contributed by atoms with E-state index in [4.69, 9.17) is 11.6 Å². The second kappa shape index (κ2) is 14.0. The van der Waals surface area contributed by atoms with Crippen LogP contribution in [0, 0.1) is 29.6 Å². The number of aromatic nitrogens is 4. The highest BCUT2D eigenvalue weighted by Crippen LogP contribution is 2.57. The molecule has 1 aliphatic heterocycles. The third kappa shape index (κ3) is 7.62. The molecule has 1 saturated heterocycles. The van der Waals surface area contributed by atoms with Crippen LogP contribution in [0.2, 0.25) is 5.02 Å².